The van der Waals surface area contributed by atoms with Crippen LogP contribution in [0.4, 0.5) is 11.5 Å². The average molecular weight is 469 g/mol. The molecule has 1 atom stereocenters. The summed E-state index contributed by atoms with van der Waals surface area (Å²) in [4.78, 5) is 20.3. The van der Waals surface area contributed by atoms with Crippen molar-refractivity contribution in [2.75, 3.05) is 5.32 Å². The van der Waals surface area contributed by atoms with Crippen LogP contribution in [0.15, 0.2) is 65.5 Å². The number of hydrogen-bond donors (Lipinski definition) is 1. The Hall–Kier alpha value is -4.53. The third-order valence-corrected chi connectivity index (χ3v) is 5.97. The summed E-state index contributed by atoms with van der Waals surface area (Å²) in [7, 11) is 1.90. The van der Waals surface area contributed by atoms with Crippen LogP contribution in [0.25, 0.3) is 33.4 Å². The Balaban J connectivity index is 1.48. The lowest BCUT2D eigenvalue weighted by Crippen LogP contribution is -2.09. The van der Waals surface area contributed by atoms with Gasteiger partial charge in [0.25, 0.3) is 0 Å². The lowest BCUT2D eigenvalue weighted by Gasteiger charge is -2.17. The van der Waals surface area contributed by atoms with Gasteiger partial charge in [0, 0.05) is 47.9 Å². The first-order valence-electron chi connectivity index (χ1n) is 11.2. The molecular formula is C26H24N6O3. The molecule has 176 valence electrons. The van der Waals surface area contributed by atoms with E-state index in [1.54, 1.807) is 11.6 Å². The van der Waals surface area contributed by atoms with Gasteiger partial charge in [-0.25, -0.2) is 9.97 Å². The zero-order chi connectivity index (χ0) is 24.7. The SMILES string of the molecule is Cc1nc(NC(C)c2cccc(-c3cnn(C)c3)c2)cc(-c2cc([N+](=O)[O-])c3occ(C)c3c2)n1. The summed E-state index contributed by atoms with van der Waals surface area (Å²) >= 11 is 0. The third-order valence-electron chi connectivity index (χ3n) is 5.97. The predicted molar refractivity (Wildman–Crippen MR) is 134 cm³/mol. The van der Waals surface area contributed by atoms with Crippen molar-refractivity contribution in [3.05, 3.63) is 88.2 Å². The molecule has 9 nitrogen and oxygen atoms in total. The van der Waals surface area contributed by atoms with Crippen molar-refractivity contribution in [1.82, 2.24) is 19.7 Å². The normalized spacial score (nSPS) is 12.1. The Labute approximate surface area is 201 Å². The number of nitrogens with zero attached hydrogens (tertiary/aromatic N) is 5. The minimum atomic E-state index is -0.431. The fourth-order valence-corrected chi connectivity index (χ4v) is 4.18. The maximum Gasteiger partial charge on any atom is 0.312 e. The van der Waals surface area contributed by atoms with E-state index in [4.69, 9.17) is 4.42 Å². The molecule has 5 rings (SSSR count). The summed E-state index contributed by atoms with van der Waals surface area (Å²) < 4.78 is 7.21. The van der Waals surface area contributed by atoms with Crippen molar-refractivity contribution in [3.8, 4) is 22.4 Å². The summed E-state index contributed by atoms with van der Waals surface area (Å²) in [5.41, 5.74) is 5.47. The molecule has 0 radical (unpaired) electrons. The lowest BCUT2D eigenvalue weighted by molar-refractivity contribution is -0.383. The fourth-order valence-electron chi connectivity index (χ4n) is 4.18. The first kappa shape index (κ1) is 22.3. The summed E-state index contributed by atoms with van der Waals surface area (Å²) in [5.74, 6) is 1.20. The van der Waals surface area contributed by atoms with Gasteiger partial charge in [0.05, 0.1) is 23.1 Å². The number of aryl methyl sites for hydroxylation is 3. The molecule has 1 N–H and O–H groups in total. The summed E-state index contributed by atoms with van der Waals surface area (Å²) in [6, 6.07) is 13.4. The Bertz CT molecular complexity index is 1570. The second kappa shape index (κ2) is 8.68. The highest BCUT2D eigenvalue weighted by atomic mass is 16.6. The standard InChI is InChI=1S/C26H24N6O3/c1-15-14-35-26-22(15)9-20(10-24(26)32(33)34)23-11-25(30-17(3)29-23)28-16(2)18-6-5-7-19(8-18)21-12-27-31(4)13-21/h5-14,16H,1-4H3,(H,28,29,30). The number of anilines is 1. The van der Waals surface area contributed by atoms with Gasteiger partial charge < -0.3 is 9.73 Å². The number of benzene rings is 2. The molecule has 0 saturated heterocycles. The van der Waals surface area contributed by atoms with Crippen molar-refractivity contribution in [2.45, 2.75) is 26.8 Å². The highest BCUT2D eigenvalue weighted by molar-refractivity contribution is 5.92. The number of nitrogens with one attached hydrogen (secondary N) is 1. The van der Waals surface area contributed by atoms with Crippen molar-refractivity contribution in [3.63, 3.8) is 0 Å². The number of furan rings is 1. The highest BCUT2D eigenvalue weighted by Gasteiger charge is 2.20. The van der Waals surface area contributed by atoms with E-state index in [0.717, 1.165) is 22.3 Å². The van der Waals surface area contributed by atoms with Crippen LogP contribution in [-0.4, -0.2) is 24.7 Å². The van der Waals surface area contributed by atoms with Gasteiger partial charge in [-0.2, -0.15) is 5.10 Å². The molecule has 3 heterocycles. The molecule has 1 unspecified atom stereocenters. The van der Waals surface area contributed by atoms with Crippen LogP contribution in [0.5, 0.6) is 0 Å². The van der Waals surface area contributed by atoms with Gasteiger partial charge in [0.15, 0.2) is 0 Å². The van der Waals surface area contributed by atoms with Crippen LogP contribution in [0.3, 0.4) is 0 Å². The van der Waals surface area contributed by atoms with E-state index in [1.165, 1.54) is 12.3 Å². The van der Waals surface area contributed by atoms with Crippen molar-refractivity contribution in [1.29, 1.82) is 0 Å². The second-order valence-electron chi connectivity index (χ2n) is 8.63. The van der Waals surface area contributed by atoms with E-state index < -0.39 is 4.92 Å². The Morgan fingerprint density at radius 3 is 2.66 bits per heavy atom. The maximum absolute atomic E-state index is 11.7. The molecule has 9 heteroatoms. The smallest absolute Gasteiger partial charge is 0.312 e. The molecular weight excluding hydrogens is 444 g/mol. The molecule has 0 fully saturated rings. The van der Waals surface area contributed by atoms with Gasteiger partial charge in [-0.1, -0.05) is 18.2 Å². The maximum atomic E-state index is 11.7. The average Bonchev–Trinajstić information content (AvgIpc) is 3.44. The summed E-state index contributed by atoms with van der Waals surface area (Å²) in [6.45, 7) is 5.72. The van der Waals surface area contributed by atoms with Crippen LogP contribution in [0, 0.1) is 24.0 Å². The molecule has 3 aromatic heterocycles. The van der Waals surface area contributed by atoms with Gasteiger partial charge in [-0.3, -0.25) is 14.8 Å². The lowest BCUT2D eigenvalue weighted by atomic mass is 10.0. The molecule has 0 aliphatic heterocycles. The molecule has 35 heavy (non-hydrogen) atoms. The van der Waals surface area contributed by atoms with E-state index in [-0.39, 0.29) is 17.3 Å². The fraction of sp³-hybridized carbons (Fsp3) is 0.192. The van der Waals surface area contributed by atoms with Gasteiger partial charge >= 0.3 is 5.69 Å². The van der Waals surface area contributed by atoms with Crippen LogP contribution in [0.2, 0.25) is 0 Å². The molecule has 5 aromatic rings. The van der Waals surface area contributed by atoms with Gasteiger partial charge in [-0.15, -0.1) is 0 Å². The van der Waals surface area contributed by atoms with E-state index >= 15 is 0 Å². The molecule has 0 amide bonds. The number of hydrogen-bond acceptors (Lipinski definition) is 7. The Kier molecular flexibility index (Phi) is 5.52. The molecule has 0 aliphatic carbocycles. The van der Waals surface area contributed by atoms with Crippen molar-refractivity contribution < 1.29 is 9.34 Å². The van der Waals surface area contributed by atoms with Crippen molar-refractivity contribution in [2.24, 2.45) is 7.05 Å². The monoisotopic (exact) mass is 468 g/mol. The van der Waals surface area contributed by atoms with Gasteiger partial charge in [-0.05, 0) is 49.6 Å². The number of non-ortho nitro benzene ring substituents is 1. The van der Waals surface area contributed by atoms with Crippen LogP contribution < -0.4 is 5.32 Å². The van der Waals surface area contributed by atoms with Gasteiger partial charge in [0.1, 0.15) is 11.6 Å². The van der Waals surface area contributed by atoms with Crippen LogP contribution in [0.1, 0.15) is 29.9 Å². The number of rotatable bonds is 6. The largest absolute Gasteiger partial charge is 0.457 e. The summed E-state index contributed by atoms with van der Waals surface area (Å²) in [5, 5.41) is 20.1. The summed E-state index contributed by atoms with van der Waals surface area (Å²) in [6.07, 6.45) is 5.35. The highest BCUT2D eigenvalue weighted by Crippen LogP contribution is 2.35. The predicted octanol–water partition coefficient (Wildman–Crippen LogP) is 5.99. The molecule has 2 aromatic carbocycles. The first-order valence-corrected chi connectivity index (χ1v) is 11.2. The van der Waals surface area contributed by atoms with Gasteiger partial charge in [0.2, 0.25) is 5.58 Å². The number of aromatic nitrogens is 4. The number of fused-ring (bicyclic) bond motifs is 1. The molecule has 0 aliphatic rings. The molecule has 0 bridgehead atoms. The van der Waals surface area contributed by atoms with Crippen LogP contribution >= 0.6 is 0 Å². The van der Waals surface area contributed by atoms with Crippen molar-refractivity contribution >= 4 is 22.5 Å². The number of nitro benzene ring substituents is 1. The van der Waals surface area contributed by atoms with E-state index in [2.05, 4.69) is 45.5 Å². The minimum Gasteiger partial charge on any atom is -0.457 e. The Morgan fingerprint density at radius 2 is 1.91 bits per heavy atom. The second-order valence-corrected chi connectivity index (χ2v) is 8.63. The zero-order valence-corrected chi connectivity index (χ0v) is 19.8. The minimum absolute atomic E-state index is 0.0401. The quantitative estimate of drug-likeness (QED) is 0.241. The number of nitro groups is 1. The van der Waals surface area contributed by atoms with Crippen LogP contribution in [-0.2, 0) is 7.05 Å². The van der Waals surface area contributed by atoms with E-state index in [1.807, 2.05) is 44.6 Å². The Morgan fingerprint density at radius 1 is 1.09 bits per heavy atom. The third kappa shape index (κ3) is 4.35. The zero-order valence-electron chi connectivity index (χ0n) is 19.8. The molecule has 0 saturated carbocycles. The topological polar surface area (TPSA) is 112 Å². The first-order chi connectivity index (χ1) is 16.8. The van der Waals surface area contributed by atoms with E-state index in [0.29, 0.717) is 28.3 Å². The molecule has 0 spiro atoms. The van der Waals surface area contributed by atoms with E-state index in [9.17, 15) is 10.1 Å².